The summed E-state index contributed by atoms with van der Waals surface area (Å²) in [5.41, 5.74) is 2.50. The van der Waals surface area contributed by atoms with Crippen molar-refractivity contribution in [3.63, 3.8) is 0 Å². The van der Waals surface area contributed by atoms with Gasteiger partial charge in [0.2, 0.25) is 0 Å². The van der Waals surface area contributed by atoms with Gasteiger partial charge in [-0.05, 0) is 55.2 Å². The largest absolute Gasteiger partial charge is 0.508 e. The maximum absolute atomic E-state index is 12.8. The van der Waals surface area contributed by atoms with Crippen LogP contribution in [0.4, 0.5) is 13.2 Å². The van der Waals surface area contributed by atoms with Gasteiger partial charge in [-0.25, -0.2) is 4.98 Å². The molecule has 1 aromatic heterocycles. The Morgan fingerprint density at radius 2 is 1.72 bits per heavy atom. The summed E-state index contributed by atoms with van der Waals surface area (Å²) in [6.07, 6.45) is -0.711. The Hall–Kier alpha value is -2.38. The van der Waals surface area contributed by atoms with Crippen molar-refractivity contribution in [1.29, 1.82) is 0 Å². The molecule has 29 heavy (non-hydrogen) atoms. The number of hydrogen-bond acceptors (Lipinski definition) is 4. The summed E-state index contributed by atoms with van der Waals surface area (Å²) >= 11 is 1.52. The van der Waals surface area contributed by atoms with E-state index in [0.29, 0.717) is 11.3 Å². The van der Waals surface area contributed by atoms with Crippen molar-refractivity contribution in [3.8, 4) is 16.3 Å². The number of phenols is 1. The summed E-state index contributed by atoms with van der Waals surface area (Å²) in [4.78, 5) is 7.93. The Balaban J connectivity index is 1.48. The molecule has 0 bridgehead atoms. The molecule has 0 amide bonds. The van der Waals surface area contributed by atoms with Crippen LogP contribution in [0.1, 0.15) is 34.5 Å². The lowest BCUT2D eigenvalue weighted by Gasteiger charge is -2.26. The van der Waals surface area contributed by atoms with E-state index in [9.17, 15) is 18.3 Å². The van der Waals surface area contributed by atoms with E-state index in [4.69, 9.17) is 0 Å². The van der Waals surface area contributed by atoms with E-state index in [2.05, 4.69) is 16.8 Å². The highest BCUT2D eigenvalue weighted by Gasteiger charge is 2.30. The van der Waals surface area contributed by atoms with E-state index in [0.717, 1.165) is 47.9 Å². The zero-order chi connectivity index (χ0) is 20.6. The molecule has 0 radical (unpaired) electrons. The number of aromatic nitrogens is 1. The smallest absolute Gasteiger partial charge is 0.416 e. The van der Waals surface area contributed by atoms with Gasteiger partial charge in [0.1, 0.15) is 10.8 Å². The number of phenolic OH excluding ortho intramolecular Hbond substituents is 1. The average molecular weight is 418 g/mol. The maximum Gasteiger partial charge on any atom is 0.416 e. The normalized spacial score (nSPS) is 16.3. The molecule has 2 heterocycles. The monoisotopic (exact) mass is 418 g/mol. The van der Waals surface area contributed by atoms with Crippen LogP contribution < -0.4 is 0 Å². The Morgan fingerprint density at radius 3 is 2.41 bits per heavy atom. The van der Waals surface area contributed by atoms with Crippen LogP contribution in [0, 0.1) is 0 Å². The predicted molar refractivity (Wildman–Crippen MR) is 108 cm³/mol. The lowest BCUT2D eigenvalue weighted by molar-refractivity contribution is -0.137. The molecule has 1 aliphatic heterocycles. The van der Waals surface area contributed by atoms with Crippen LogP contribution in [0.15, 0.2) is 48.7 Å². The highest BCUT2D eigenvalue weighted by molar-refractivity contribution is 7.15. The maximum atomic E-state index is 12.8. The number of nitrogens with zero attached hydrogens (tertiary/aromatic N) is 2. The second kappa shape index (κ2) is 7.80. The first-order chi connectivity index (χ1) is 13.8. The van der Waals surface area contributed by atoms with Gasteiger partial charge in [-0.15, -0.1) is 11.3 Å². The third-order valence-electron chi connectivity index (χ3n) is 5.47. The molecule has 1 unspecified atom stereocenters. The molecular formula is C22H21F3N2OS. The van der Waals surface area contributed by atoms with Crippen LogP contribution >= 0.6 is 11.3 Å². The Labute approximate surface area is 171 Å². The number of alkyl halides is 3. The van der Waals surface area contributed by atoms with E-state index >= 15 is 0 Å². The minimum atomic E-state index is -4.33. The third kappa shape index (κ3) is 4.31. The molecule has 0 aliphatic carbocycles. The fraction of sp³-hybridized carbons (Fsp3) is 0.318. The minimum absolute atomic E-state index is 0.165. The summed E-state index contributed by atoms with van der Waals surface area (Å²) in [7, 11) is 0. The Morgan fingerprint density at radius 1 is 1.03 bits per heavy atom. The standard InChI is InChI=1S/C22H21F3N2OS/c1-14(27-10-8-15-4-7-19(28)12-17(15)9-11-27)20-13-26-21(29-20)16-2-5-18(6-3-16)22(23,24)25/h2-7,12-14,28H,8-11H2,1H3. The first kappa shape index (κ1) is 19.9. The number of thiazole rings is 1. The predicted octanol–water partition coefficient (Wildman–Crippen LogP) is 5.70. The molecule has 1 aliphatic rings. The van der Waals surface area contributed by atoms with Gasteiger partial charge in [0.15, 0.2) is 0 Å². The first-order valence-corrected chi connectivity index (χ1v) is 10.3. The quantitative estimate of drug-likeness (QED) is 0.593. The molecule has 0 spiro atoms. The van der Waals surface area contributed by atoms with Crippen molar-refractivity contribution in [2.24, 2.45) is 0 Å². The van der Waals surface area contributed by atoms with Crippen LogP contribution in [0.5, 0.6) is 5.75 Å². The van der Waals surface area contributed by atoms with Crippen LogP contribution in [0.2, 0.25) is 0 Å². The lowest BCUT2D eigenvalue weighted by atomic mass is 10.0. The second-order valence-corrected chi connectivity index (χ2v) is 8.37. The van der Waals surface area contributed by atoms with E-state index in [1.807, 2.05) is 18.3 Å². The van der Waals surface area contributed by atoms with E-state index in [1.54, 1.807) is 6.07 Å². The summed E-state index contributed by atoms with van der Waals surface area (Å²) < 4.78 is 38.3. The third-order valence-corrected chi connectivity index (χ3v) is 6.69. The lowest BCUT2D eigenvalue weighted by Crippen LogP contribution is -2.29. The van der Waals surface area contributed by atoms with Crippen molar-refractivity contribution < 1.29 is 18.3 Å². The van der Waals surface area contributed by atoms with Gasteiger partial charge in [0.05, 0.1) is 5.56 Å². The summed E-state index contributed by atoms with van der Waals surface area (Å²) in [5.74, 6) is 0.300. The van der Waals surface area contributed by atoms with Crippen molar-refractivity contribution in [1.82, 2.24) is 9.88 Å². The fourth-order valence-corrected chi connectivity index (χ4v) is 4.72. The molecule has 7 heteroatoms. The second-order valence-electron chi connectivity index (χ2n) is 7.31. The highest BCUT2D eigenvalue weighted by Crippen LogP contribution is 2.35. The molecule has 0 saturated heterocycles. The zero-order valence-corrected chi connectivity index (χ0v) is 16.7. The van der Waals surface area contributed by atoms with Crippen molar-refractivity contribution in [3.05, 3.63) is 70.2 Å². The minimum Gasteiger partial charge on any atom is -0.508 e. The summed E-state index contributed by atoms with van der Waals surface area (Å²) in [5, 5.41) is 10.4. The number of halogens is 3. The molecule has 4 rings (SSSR count). The van der Waals surface area contributed by atoms with Gasteiger partial charge < -0.3 is 5.11 Å². The van der Waals surface area contributed by atoms with Gasteiger partial charge in [0.25, 0.3) is 0 Å². The average Bonchev–Trinajstić information content (AvgIpc) is 3.09. The van der Waals surface area contributed by atoms with Crippen LogP contribution in [0.3, 0.4) is 0 Å². The van der Waals surface area contributed by atoms with E-state index in [-0.39, 0.29) is 6.04 Å². The van der Waals surface area contributed by atoms with Crippen molar-refractivity contribution in [2.75, 3.05) is 13.1 Å². The molecule has 0 fully saturated rings. The number of fused-ring (bicyclic) bond motifs is 1. The SMILES string of the molecule is CC(c1cnc(-c2ccc(C(F)(F)F)cc2)s1)N1CCc2ccc(O)cc2CC1. The molecular weight excluding hydrogens is 397 g/mol. The van der Waals surface area contributed by atoms with Gasteiger partial charge in [-0.3, -0.25) is 4.90 Å². The van der Waals surface area contributed by atoms with E-state index in [1.165, 1.54) is 34.6 Å². The molecule has 3 nitrogen and oxygen atoms in total. The van der Waals surface area contributed by atoms with E-state index < -0.39 is 11.7 Å². The molecule has 1 atom stereocenters. The molecule has 2 aromatic carbocycles. The van der Waals surface area contributed by atoms with Crippen LogP contribution in [-0.4, -0.2) is 28.1 Å². The van der Waals surface area contributed by atoms with Gasteiger partial charge in [-0.2, -0.15) is 13.2 Å². The topological polar surface area (TPSA) is 36.4 Å². The molecule has 0 saturated carbocycles. The van der Waals surface area contributed by atoms with Crippen molar-refractivity contribution >= 4 is 11.3 Å². The number of aromatic hydroxyl groups is 1. The van der Waals surface area contributed by atoms with Crippen molar-refractivity contribution in [2.45, 2.75) is 32.0 Å². The molecule has 152 valence electrons. The summed E-state index contributed by atoms with van der Waals surface area (Å²) in [6, 6.07) is 10.9. The number of benzene rings is 2. The highest BCUT2D eigenvalue weighted by atomic mass is 32.1. The van der Waals surface area contributed by atoms with Crippen LogP contribution in [0.25, 0.3) is 10.6 Å². The zero-order valence-electron chi connectivity index (χ0n) is 15.9. The van der Waals surface area contributed by atoms with Crippen LogP contribution in [-0.2, 0) is 19.0 Å². The number of hydrogen-bond donors (Lipinski definition) is 1. The molecule has 1 N–H and O–H groups in total. The first-order valence-electron chi connectivity index (χ1n) is 9.49. The van der Waals surface area contributed by atoms with Gasteiger partial charge in [0, 0.05) is 35.8 Å². The van der Waals surface area contributed by atoms with Gasteiger partial charge >= 0.3 is 6.18 Å². The summed E-state index contributed by atoms with van der Waals surface area (Å²) in [6.45, 7) is 3.93. The number of rotatable bonds is 3. The fourth-order valence-electron chi connectivity index (χ4n) is 3.71. The Kier molecular flexibility index (Phi) is 5.36. The molecule has 3 aromatic rings. The van der Waals surface area contributed by atoms with Gasteiger partial charge in [-0.1, -0.05) is 18.2 Å². The Bertz CT molecular complexity index is 998.